The summed E-state index contributed by atoms with van der Waals surface area (Å²) in [5, 5.41) is 10.0. The summed E-state index contributed by atoms with van der Waals surface area (Å²) in [4.78, 5) is 15.5. The highest BCUT2D eigenvalue weighted by atomic mass is 79.9. The molecule has 0 atom stereocenters. The lowest BCUT2D eigenvalue weighted by Crippen LogP contribution is -2.45. The molecule has 0 saturated heterocycles. The van der Waals surface area contributed by atoms with Crippen molar-refractivity contribution in [2.45, 2.75) is 31.3 Å². The number of hydrogen-bond donors (Lipinski definition) is 1. The quantitative estimate of drug-likeness (QED) is 0.797. The fourth-order valence-corrected chi connectivity index (χ4v) is 3.98. The lowest BCUT2D eigenvalue weighted by atomic mass is 9.77. The van der Waals surface area contributed by atoms with Gasteiger partial charge < -0.3 is 9.84 Å². The number of pyridine rings is 1. The van der Waals surface area contributed by atoms with Crippen LogP contribution in [0.5, 0.6) is 5.75 Å². The molecule has 21 heavy (non-hydrogen) atoms. The van der Waals surface area contributed by atoms with Crippen LogP contribution in [-0.2, 0) is 4.79 Å². The highest BCUT2D eigenvalue weighted by Crippen LogP contribution is 2.45. The monoisotopic (exact) mass is 413 g/mol. The molecule has 1 heterocycles. The number of carboxylic acid groups (broad SMARTS) is 1. The van der Waals surface area contributed by atoms with Crippen LogP contribution in [0, 0.1) is 0 Å². The summed E-state index contributed by atoms with van der Waals surface area (Å²) in [5.41, 5.74) is 0.127. The van der Waals surface area contributed by atoms with Gasteiger partial charge in [-0.1, -0.05) is 22.0 Å². The van der Waals surface area contributed by atoms with Crippen LogP contribution in [0.25, 0.3) is 10.9 Å². The molecule has 0 spiro atoms. The number of nitrogens with zero attached hydrogens (tertiary/aromatic N) is 1. The minimum Gasteiger partial charge on any atom is -0.483 e. The number of ether oxygens (including phenoxy) is 1. The number of benzene rings is 1. The Kier molecular flexibility index (Phi) is 3.92. The normalized spacial score (nSPS) is 16.5. The van der Waals surface area contributed by atoms with E-state index >= 15 is 0 Å². The number of aliphatic carboxylic acids is 1. The summed E-state index contributed by atoms with van der Waals surface area (Å²) < 4.78 is 7.83. The van der Waals surface area contributed by atoms with Crippen molar-refractivity contribution in [3.05, 3.63) is 33.3 Å². The molecule has 110 valence electrons. The van der Waals surface area contributed by atoms with Gasteiger partial charge in [-0.15, -0.1) is 0 Å². The summed E-state index contributed by atoms with van der Waals surface area (Å²) in [6, 6.07) is 5.73. The fourth-order valence-electron chi connectivity index (χ4n) is 2.62. The highest BCUT2D eigenvalue weighted by molar-refractivity contribution is 9.11. The van der Waals surface area contributed by atoms with Crippen LogP contribution < -0.4 is 4.74 Å². The molecule has 1 aromatic carbocycles. The zero-order chi connectivity index (χ0) is 15.0. The van der Waals surface area contributed by atoms with Crippen molar-refractivity contribution in [3.63, 3.8) is 0 Å². The zero-order valence-corrected chi connectivity index (χ0v) is 14.3. The first kappa shape index (κ1) is 14.8. The molecule has 1 saturated carbocycles. The van der Waals surface area contributed by atoms with Crippen molar-refractivity contribution < 1.29 is 14.6 Å². The van der Waals surface area contributed by atoms with E-state index in [-0.39, 0.29) is 6.42 Å². The van der Waals surface area contributed by atoms with E-state index in [1.807, 2.05) is 18.2 Å². The molecule has 0 radical (unpaired) electrons. The van der Waals surface area contributed by atoms with Crippen LogP contribution in [-0.4, -0.2) is 21.7 Å². The molecule has 0 amide bonds. The third-order valence-electron chi connectivity index (χ3n) is 3.81. The number of carbonyl (C=O) groups is 1. The van der Waals surface area contributed by atoms with E-state index in [0.29, 0.717) is 5.75 Å². The van der Waals surface area contributed by atoms with Crippen molar-refractivity contribution in [2.24, 2.45) is 0 Å². The van der Waals surface area contributed by atoms with Crippen molar-refractivity contribution >= 4 is 48.7 Å². The maximum Gasteiger partial charge on any atom is 0.307 e. The summed E-state index contributed by atoms with van der Waals surface area (Å²) in [6.07, 6.45) is 4.24. The van der Waals surface area contributed by atoms with Crippen LogP contribution in [0.1, 0.15) is 25.7 Å². The number of halogens is 2. The van der Waals surface area contributed by atoms with Crippen molar-refractivity contribution in [1.82, 2.24) is 4.98 Å². The third kappa shape index (κ3) is 2.79. The number of rotatable bonds is 4. The van der Waals surface area contributed by atoms with E-state index in [2.05, 4.69) is 36.8 Å². The van der Waals surface area contributed by atoms with Gasteiger partial charge in [-0.3, -0.25) is 9.78 Å². The molecular weight excluding hydrogens is 402 g/mol. The fraction of sp³-hybridized carbons (Fsp3) is 0.333. The van der Waals surface area contributed by atoms with Gasteiger partial charge in [0.1, 0.15) is 11.1 Å². The average molecular weight is 415 g/mol. The maximum atomic E-state index is 11.1. The number of aromatic nitrogens is 1. The number of fused-ring (bicyclic) bond motifs is 1. The standard InChI is InChI=1S/C15H13Br2NO3/c16-10-7-11(17)14(13-9(10)3-1-6-18-13)21-15(4-2-5-15)8-12(19)20/h1,3,6-7H,2,4-5,8H2,(H,19,20). The predicted molar refractivity (Wildman–Crippen MR) is 86.6 cm³/mol. The second-order valence-corrected chi connectivity index (χ2v) is 6.99. The van der Waals surface area contributed by atoms with E-state index in [1.165, 1.54) is 0 Å². The molecule has 1 aliphatic rings. The van der Waals surface area contributed by atoms with Gasteiger partial charge in [0.2, 0.25) is 0 Å². The molecular formula is C15H13Br2NO3. The Labute approximate surface area is 138 Å². The second-order valence-electron chi connectivity index (χ2n) is 5.28. The molecule has 1 N–H and O–H groups in total. The van der Waals surface area contributed by atoms with E-state index in [1.54, 1.807) is 6.20 Å². The minimum absolute atomic E-state index is 0.0177. The molecule has 0 aliphatic heterocycles. The average Bonchev–Trinajstić information content (AvgIpc) is 2.40. The second kappa shape index (κ2) is 5.57. The van der Waals surface area contributed by atoms with Gasteiger partial charge in [-0.2, -0.15) is 0 Å². The van der Waals surface area contributed by atoms with Gasteiger partial charge in [0.25, 0.3) is 0 Å². The first-order chi connectivity index (χ1) is 10.0. The Bertz CT molecular complexity index is 713. The Balaban J connectivity index is 2.06. The van der Waals surface area contributed by atoms with Crippen molar-refractivity contribution in [1.29, 1.82) is 0 Å². The van der Waals surface area contributed by atoms with Gasteiger partial charge >= 0.3 is 5.97 Å². The first-order valence-electron chi connectivity index (χ1n) is 6.64. The van der Waals surface area contributed by atoms with E-state index in [0.717, 1.165) is 39.1 Å². The molecule has 3 rings (SSSR count). The van der Waals surface area contributed by atoms with Gasteiger partial charge in [0.05, 0.1) is 10.9 Å². The minimum atomic E-state index is -0.833. The Morgan fingerprint density at radius 1 is 1.38 bits per heavy atom. The van der Waals surface area contributed by atoms with Gasteiger partial charge in [-0.05, 0) is 47.3 Å². The number of hydrogen-bond acceptors (Lipinski definition) is 3. The lowest BCUT2D eigenvalue weighted by Gasteiger charge is -2.41. The molecule has 0 unspecified atom stereocenters. The molecule has 2 aromatic rings. The maximum absolute atomic E-state index is 11.1. The lowest BCUT2D eigenvalue weighted by molar-refractivity contribution is -0.144. The van der Waals surface area contributed by atoms with Gasteiger partial charge in [-0.25, -0.2) is 0 Å². The number of carboxylic acids is 1. The van der Waals surface area contributed by atoms with E-state index in [4.69, 9.17) is 9.84 Å². The molecule has 0 bridgehead atoms. The first-order valence-corrected chi connectivity index (χ1v) is 8.23. The van der Waals surface area contributed by atoms with Crippen LogP contribution in [0.15, 0.2) is 33.3 Å². The Morgan fingerprint density at radius 2 is 2.14 bits per heavy atom. The van der Waals surface area contributed by atoms with E-state index < -0.39 is 11.6 Å². The van der Waals surface area contributed by atoms with Crippen molar-refractivity contribution in [3.8, 4) is 5.75 Å². The van der Waals surface area contributed by atoms with Crippen LogP contribution >= 0.6 is 31.9 Å². The smallest absolute Gasteiger partial charge is 0.307 e. The molecule has 1 aromatic heterocycles. The third-order valence-corrected chi connectivity index (χ3v) is 5.05. The highest BCUT2D eigenvalue weighted by Gasteiger charge is 2.42. The van der Waals surface area contributed by atoms with Crippen molar-refractivity contribution in [2.75, 3.05) is 0 Å². The van der Waals surface area contributed by atoms with Crippen LogP contribution in [0.4, 0.5) is 0 Å². The summed E-state index contributed by atoms with van der Waals surface area (Å²) in [7, 11) is 0. The summed E-state index contributed by atoms with van der Waals surface area (Å²) >= 11 is 7.01. The molecule has 6 heteroatoms. The zero-order valence-electron chi connectivity index (χ0n) is 11.1. The SMILES string of the molecule is O=C(O)CC1(Oc2c(Br)cc(Br)c3cccnc23)CCC1. The van der Waals surface area contributed by atoms with Gasteiger partial charge in [0.15, 0.2) is 5.75 Å². The summed E-state index contributed by atoms with van der Waals surface area (Å²) in [5.74, 6) is -0.213. The summed E-state index contributed by atoms with van der Waals surface area (Å²) in [6.45, 7) is 0. The largest absolute Gasteiger partial charge is 0.483 e. The predicted octanol–water partition coefficient (Wildman–Crippen LogP) is 4.54. The van der Waals surface area contributed by atoms with Crippen LogP contribution in [0.3, 0.4) is 0 Å². The Morgan fingerprint density at radius 3 is 2.76 bits per heavy atom. The molecule has 1 aliphatic carbocycles. The topological polar surface area (TPSA) is 59.4 Å². The molecule has 1 fully saturated rings. The molecule has 4 nitrogen and oxygen atoms in total. The van der Waals surface area contributed by atoms with Gasteiger partial charge in [0, 0.05) is 16.1 Å². The van der Waals surface area contributed by atoms with Crippen LogP contribution in [0.2, 0.25) is 0 Å². The van der Waals surface area contributed by atoms with E-state index in [9.17, 15) is 4.79 Å². The Hall–Kier alpha value is -1.14.